The molecule has 0 atom stereocenters. The van der Waals surface area contributed by atoms with E-state index in [0.717, 1.165) is 0 Å². The summed E-state index contributed by atoms with van der Waals surface area (Å²) in [6, 6.07) is 8.60. The molecule has 2 aromatic carbocycles. The number of hydrogen-bond donors (Lipinski definition) is 2. The third-order valence-electron chi connectivity index (χ3n) is 2.62. The molecular weight excluding hydrogens is 283 g/mol. The summed E-state index contributed by atoms with van der Waals surface area (Å²) >= 11 is 5.67. The number of rotatable bonds is 3. The lowest BCUT2D eigenvalue weighted by Gasteiger charge is -2.10. The molecule has 0 aromatic heterocycles. The van der Waals surface area contributed by atoms with Crippen LogP contribution < -0.4 is 15.8 Å². The third-order valence-corrected chi connectivity index (χ3v) is 2.91. The van der Waals surface area contributed by atoms with Gasteiger partial charge in [0.05, 0.1) is 10.7 Å². The lowest BCUT2D eigenvalue weighted by atomic mass is 10.2. The van der Waals surface area contributed by atoms with E-state index >= 15 is 0 Å². The number of halogens is 2. The van der Waals surface area contributed by atoms with Gasteiger partial charge in [-0.15, -0.1) is 0 Å². The second kappa shape index (κ2) is 5.79. The molecule has 0 saturated heterocycles. The van der Waals surface area contributed by atoms with Crippen molar-refractivity contribution in [1.29, 1.82) is 0 Å². The maximum absolute atomic E-state index is 13.1. The fourth-order valence-electron chi connectivity index (χ4n) is 1.58. The van der Waals surface area contributed by atoms with E-state index in [4.69, 9.17) is 22.1 Å². The second-order valence-electron chi connectivity index (χ2n) is 4.01. The van der Waals surface area contributed by atoms with Crippen molar-refractivity contribution in [1.82, 2.24) is 5.32 Å². The van der Waals surface area contributed by atoms with Gasteiger partial charge >= 0.3 is 0 Å². The highest BCUT2D eigenvalue weighted by atomic mass is 35.5. The standard InChI is InChI=1S/C14H12ClFN2O2/c1-18-14(19)8-2-5-12(17)13(6-8)20-9-3-4-11(16)10(15)7-9/h2-7H,17H2,1H3,(H,18,19). The van der Waals surface area contributed by atoms with Gasteiger partial charge in [0.15, 0.2) is 5.75 Å². The van der Waals surface area contributed by atoms with Crippen molar-refractivity contribution in [2.45, 2.75) is 0 Å². The molecule has 3 N–H and O–H groups in total. The summed E-state index contributed by atoms with van der Waals surface area (Å²) in [6.45, 7) is 0. The van der Waals surface area contributed by atoms with Gasteiger partial charge in [0.25, 0.3) is 5.91 Å². The maximum Gasteiger partial charge on any atom is 0.251 e. The molecule has 20 heavy (non-hydrogen) atoms. The highest BCUT2D eigenvalue weighted by molar-refractivity contribution is 6.30. The van der Waals surface area contributed by atoms with Crippen LogP contribution in [0.1, 0.15) is 10.4 Å². The molecule has 2 aromatic rings. The first-order valence-electron chi connectivity index (χ1n) is 5.76. The number of nitrogen functional groups attached to an aromatic ring is 1. The van der Waals surface area contributed by atoms with Gasteiger partial charge in [0.1, 0.15) is 11.6 Å². The van der Waals surface area contributed by atoms with Crippen LogP contribution in [0, 0.1) is 5.82 Å². The van der Waals surface area contributed by atoms with Gasteiger partial charge in [0, 0.05) is 18.7 Å². The molecule has 0 radical (unpaired) electrons. The first-order valence-corrected chi connectivity index (χ1v) is 6.13. The Morgan fingerprint density at radius 3 is 2.70 bits per heavy atom. The van der Waals surface area contributed by atoms with Crippen molar-refractivity contribution < 1.29 is 13.9 Å². The molecule has 2 rings (SSSR count). The normalized spacial score (nSPS) is 10.2. The van der Waals surface area contributed by atoms with Crippen LogP contribution in [0.3, 0.4) is 0 Å². The Kier molecular flexibility index (Phi) is 4.10. The molecule has 6 heteroatoms. The Morgan fingerprint density at radius 1 is 1.30 bits per heavy atom. The van der Waals surface area contributed by atoms with E-state index in [1.165, 1.54) is 31.3 Å². The number of ether oxygens (including phenoxy) is 1. The Bertz CT molecular complexity index is 662. The van der Waals surface area contributed by atoms with E-state index < -0.39 is 5.82 Å². The van der Waals surface area contributed by atoms with E-state index in [1.807, 2.05) is 0 Å². The Balaban J connectivity index is 2.32. The monoisotopic (exact) mass is 294 g/mol. The summed E-state index contributed by atoms with van der Waals surface area (Å²) < 4.78 is 18.6. The van der Waals surface area contributed by atoms with Crippen LogP contribution in [0.15, 0.2) is 36.4 Å². The van der Waals surface area contributed by atoms with Crippen molar-refractivity contribution in [2.24, 2.45) is 0 Å². The first kappa shape index (κ1) is 14.1. The number of benzene rings is 2. The van der Waals surface area contributed by atoms with Crippen molar-refractivity contribution in [3.8, 4) is 11.5 Å². The zero-order valence-electron chi connectivity index (χ0n) is 10.6. The average molecular weight is 295 g/mol. The van der Waals surface area contributed by atoms with Crippen LogP contribution >= 0.6 is 11.6 Å². The summed E-state index contributed by atoms with van der Waals surface area (Å²) in [5.74, 6) is -0.163. The summed E-state index contributed by atoms with van der Waals surface area (Å²) in [6.07, 6.45) is 0. The van der Waals surface area contributed by atoms with Crippen molar-refractivity contribution in [2.75, 3.05) is 12.8 Å². The number of hydrogen-bond acceptors (Lipinski definition) is 3. The molecule has 0 aliphatic rings. The van der Waals surface area contributed by atoms with Gasteiger partial charge in [0.2, 0.25) is 0 Å². The van der Waals surface area contributed by atoms with Gasteiger partial charge in [-0.05, 0) is 30.3 Å². The van der Waals surface area contributed by atoms with E-state index in [9.17, 15) is 9.18 Å². The van der Waals surface area contributed by atoms with Gasteiger partial charge < -0.3 is 15.8 Å². The second-order valence-corrected chi connectivity index (χ2v) is 4.42. The quantitative estimate of drug-likeness (QED) is 0.854. The van der Waals surface area contributed by atoms with Crippen LogP contribution in [0.4, 0.5) is 10.1 Å². The van der Waals surface area contributed by atoms with Crippen LogP contribution in [0.5, 0.6) is 11.5 Å². The Hall–Kier alpha value is -2.27. The largest absolute Gasteiger partial charge is 0.455 e. The SMILES string of the molecule is CNC(=O)c1ccc(N)c(Oc2ccc(F)c(Cl)c2)c1. The highest BCUT2D eigenvalue weighted by Crippen LogP contribution is 2.30. The van der Waals surface area contributed by atoms with E-state index in [0.29, 0.717) is 22.7 Å². The molecule has 0 spiro atoms. The predicted molar refractivity (Wildman–Crippen MR) is 75.7 cm³/mol. The highest BCUT2D eigenvalue weighted by Gasteiger charge is 2.09. The molecule has 0 unspecified atom stereocenters. The van der Waals surface area contributed by atoms with Gasteiger partial charge in [-0.1, -0.05) is 11.6 Å². The maximum atomic E-state index is 13.1. The fraction of sp³-hybridized carbons (Fsp3) is 0.0714. The Labute approximate surface area is 120 Å². The zero-order chi connectivity index (χ0) is 14.7. The third kappa shape index (κ3) is 3.00. The smallest absolute Gasteiger partial charge is 0.251 e. The lowest BCUT2D eigenvalue weighted by molar-refractivity contribution is 0.0963. The minimum Gasteiger partial charge on any atom is -0.455 e. The summed E-state index contributed by atoms with van der Waals surface area (Å²) in [7, 11) is 1.53. The minimum absolute atomic E-state index is 0.0523. The van der Waals surface area contributed by atoms with Crippen molar-refractivity contribution in [3.05, 3.63) is 52.8 Å². The van der Waals surface area contributed by atoms with Crippen LogP contribution in [-0.4, -0.2) is 13.0 Å². The molecule has 1 amide bonds. The summed E-state index contributed by atoms with van der Waals surface area (Å²) in [5.41, 5.74) is 6.55. The number of amides is 1. The van der Waals surface area contributed by atoms with E-state index in [-0.39, 0.29) is 10.9 Å². The number of nitrogens with two attached hydrogens (primary N) is 1. The van der Waals surface area contributed by atoms with E-state index in [1.54, 1.807) is 12.1 Å². The van der Waals surface area contributed by atoms with Crippen LogP contribution in [-0.2, 0) is 0 Å². The average Bonchev–Trinajstić information content (AvgIpc) is 2.44. The molecular formula is C14H12ClFN2O2. The first-order chi connectivity index (χ1) is 9.51. The molecule has 0 heterocycles. The van der Waals surface area contributed by atoms with Gasteiger partial charge in [-0.3, -0.25) is 4.79 Å². The molecule has 0 saturated carbocycles. The van der Waals surface area contributed by atoms with Crippen molar-refractivity contribution >= 4 is 23.2 Å². The number of carbonyl (C=O) groups excluding carboxylic acids is 1. The number of nitrogens with one attached hydrogen (secondary N) is 1. The molecule has 4 nitrogen and oxygen atoms in total. The Morgan fingerprint density at radius 2 is 2.05 bits per heavy atom. The number of anilines is 1. The van der Waals surface area contributed by atoms with Crippen LogP contribution in [0.25, 0.3) is 0 Å². The van der Waals surface area contributed by atoms with Gasteiger partial charge in [-0.2, -0.15) is 0 Å². The van der Waals surface area contributed by atoms with Crippen molar-refractivity contribution in [3.63, 3.8) is 0 Å². The van der Waals surface area contributed by atoms with Gasteiger partial charge in [-0.25, -0.2) is 4.39 Å². The van der Waals surface area contributed by atoms with E-state index in [2.05, 4.69) is 5.32 Å². The minimum atomic E-state index is -0.536. The predicted octanol–water partition coefficient (Wildman–Crippen LogP) is 3.21. The summed E-state index contributed by atoms with van der Waals surface area (Å²) in [5, 5.41) is 2.45. The lowest BCUT2D eigenvalue weighted by Crippen LogP contribution is -2.17. The zero-order valence-corrected chi connectivity index (χ0v) is 11.4. The topological polar surface area (TPSA) is 64.4 Å². The molecule has 0 fully saturated rings. The van der Waals surface area contributed by atoms with Crippen LogP contribution in [0.2, 0.25) is 5.02 Å². The molecule has 0 bridgehead atoms. The molecule has 0 aliphatic heterocycles. The fourth-order valence-corrected chi connectivity index (χ4v) is 1.75. The molecule has 0 aliphatic carbocycles. The number of carbonyl (C=O) groups is 1. The molecule has 104 valence electrons. The summed E-state index contributed by atoms with van der Waals surface area (Å²) in [4.78, 5) is 11.5.